The van der Waals surface area contributed by atoms with Crippen LogP contribution in [0, 0.1) is 12.8 Å². The molecule has 1 aliphatic rings. The number of aliphatic carboxylic acids is 1. The molecule has 0 atom stereocenters. The summed E-state index contributed by atoms with van der Waals surface area (Å²) < 4.78 is 13.2. The van der Waals surface area contributed by atoms with Gasteiger partial charge in [0.25, 0.3) is 0 Å². The van der Waals surface area contributed by atoms with E-state index in [1.165, 1.54) is 0 Å². The van der Waals surface area contributed by atoms with E-state index < -0.39 is 5.97 Å². The zero-order valence-electron chi connectivity index (χ0n) is 18.1. The highest BCUT2D eigenvalue weighted by molar-refractivity contribution is 5.80. The molecule has 1 amide bonds. The molecule has 0 saturated carbocycles. The topological polar surface area (TPSA) is 93.9 Å². The van der Waals surface area contributed by atoms with Gasteiger partial charge >= 0.3 is 12.1 Å². The molecule has 1 fully saturated rings. The molecule has 0 spiro atoms. The van der Waals surface area contributed by atoms with Crippen LogP contribution in [-0.4, -0.2) is 51.5 Å². The third-order valence-corrected chi connectivity index (χ3v) is 5.74. The Labute approximate surface area is 186 Å². The minimum absolute atomic E-state index is 0.0340. The lowest BCUT2D eigenvalue weighted by Gasteiger charge is -2.31. The normalized spacial score (nSPS) is 14.5. The van der Waals surface area contributed by atoms with Crippen LogP contribution in [0.1, 0.15) is 24.8 Å². The zero-order chi connectivity index (χ0) is 22.5. The molecule has 3 aromatic rings. The van der Waals surface area contributed by atoms with Gasteiger partial charge in [0.15, 0.2) is 0 Å². The predicted octanol–water partition coefficient (Wildman–Crippen LogP) is 4.11. The molecule has 8 heteroatoms. The van der Waals surface area contributed by atoms with E-state index in [9.17, 15) is 9.59 Å². The highest BCUT2D eigenvalue weighted by atomic mass is 16.6. The predicted molar refractivity (Wildman–Crippen MR) is 119 cm³/mol. The number of carbonyl (C=O) groups is 2. The fourth-order valence-corrected chi connectivity index (χ4v) is 3.80. The van der Waals surface area contributed by atoms with Gasteiger partial charge in [-0.25, -0.2) is 4.79 Å². The second-order valence-corrected chi connectivity index (χ2v) is 8.15. The highest BCUT2D eigenvalue weighted by Gasteiger charge is 2.24. The number of carboxylic acids is 1. The Hall–Kier alpha value is -3.55. The highest BCUT2D eigenvalue weighted by Crippen LogP contribution is 2.24. The second kappa shape index (κ2) is 9.72. The molecule has 4 rings (SSSR count). The molecule has 1 saturated heterocycles. The van der Waals surface area contributed by atoms with Crippen molar-refractivity contribution in [2.75, 3.05) is 19.7 Å². The number of fused-ring (bicyclic) bond motifs is 1. The first-order valence-electron chi connectivity index (χ1n) is 10.8. The summed E-state index contributed by atoms with van der Waals surface area (Å²) in [4.78, 5) is 24.9. The number of rotatable bonds is 7. The smallest absolute Gasteiger partial charge is 0.415 e. The number of aryl methyl sites for hydroxylation is 2. The Balaban J connectivity index is 1.24. The molecular formula is C24H27N3O5. The van der Waals surface area contributed by atoms with Crippen molar-refractivity contribution in [2.45, 2.75) is 32.7 Å². The quantitative estimate of drug-likeness (QED) is 0.598. The Morgan fingerprint density at radius 3 is 2.53 bits per heavy atom. The van der Waals surface area contributed by atoms with E-state index in [1.54, 1.807) is 27.9 Å². The molecule has 0 unspecified atom stereocenters. The minimum Gasteiger partial charge on any atom is -0.493 e. The number of aromatic nitrogens is 2. The van der Waals surface area contributed by atoms with Crippen molar-refractivity contribution >= 4 is 23.0 Å². The van der Waals surface area contributed by atoms with Crippen LogP contribution >= 0.6 is 0 Å². The molecule has 2 aromatic carbocycles. The number of hydrogen-bond donors (Lipinski definition) is 1. The first-order valence-corrected chi connectivity index (χ1v) is 10.8. The van der Waals surface area contributed by atoms with Crippen LogP contribution in [0.4, 0.5) is 4.79 Å². The van der Waals surface area contributed by atoms with E-state index in [0.717, 1.165) is 35.1 Å². The van der Waals surface area contributed by atoms with E-state index in [-0.39, 0.29) is 12.5 Å². The van der Waals surface area contributed by atoms with Gasteiger partial charge in [-0.1, -0.05) is 17.7 Å². The van der Waals surface area contributed by atoms with Crippen molar-refractivity contribution < 1.29 is 24.2 Å². The van der Waals surface area contributed by atoms with E-state index in [0.29, 0.717) is 37.9 Å². The maximum absolute atomic E-state index is 12.4. The molecule has 1 N–H and O–H groups in total. The first kappa shape index (κ1) is 21.7. The molecule has 8 nitrogen and oxygen atoms in total. The average Bonchev–Trinajstić information content (AvgIpc) is 3.20. The van der Waals surface area contributed by atoms with Gasteiger partial charge in [0.05, 0.1) is 31.3 Å². The summed E-state index contributed by atoms with van der Waals surface area (Å²) in [6.07, 6.45) is 3.17. The van der Waals surface area contributed by atoms with Gasteiger partial charge in [0.1, 0.15) is 11.5 Å². The fraction of sp³-hybridized carbons (Fsp3) is 0.375. The number of carboxylic acid groups (broad SMARTS) is 1. The average molecular weight is 437 g/mol. The van der Waals surface area contributed by atoms with E-state index >= 15 is 0 Å². The monoisotopic (exact) mass is 437 g/mol. The van der Waals surface area contributed by atoms with E-state index in [2.05, 4.69) is 5.10 Å². The van der Waals surface area contributed by atoms with Crippen LogP contribution in [0.25, 0.3) is 10.9 Å². The number of benzene rings is 2. The fourth-order valence-electron chi connectivity index (χ4n) is 3.80. The molecule has 32 heavy (non-hydrogen) atoms. The van der Waals surface area contributed by atoms with Gasteiger partial charge in [0, 0.05) is 18.5 Å². The number of carbonyl (C=O) groups excluding carboxylic acids is 1. The number of hydrogen-bond acceptors (Lipinski definition) is 5. The van der Waals surface area contributed by atoms with Crippen LogP contribution < -0.4 is 9.47 Å². The molecule has 168 valence electrons. The van der Waals surface area contributed by atoms with Crippen molar-refractivity contribution in [3.05, 3.63) is 54.2 Å². The number of piperidine rings is 1. The van der Waals surface area contributed by atoms with Gasteiger partial charge in [0.2, 0.25) is 0 Å². The number of nitrogens with zero attached hydrogens (tertiary/aromatic N) is 3. The largest absolute Gasteiger partial charge is 0.493 e. The van der Waals surface area contributed by atoms with Gasteiger partial charge in [-0.15, -0.1) is 0 Å². The number of amides is 1. The molecular weight excluding hydrogens is 410 g/mol. The van der Waals surface area contributed by atoms with Crippen LogP contribution in [0.2, 0.25) is 0 Å². The lowest BCUT2D eigenvalue weighted by molar-refractivity contribution is -0.137. The zero-order valence-corrected chi connectivity index (χ0v) is 18.1. The molecule has 1 aliphatic heterocycles. The van der Waals surface area contributed by atoms with Gasteiger partial charge in [-0.2, -0.15) is 5.10 Å². The molecule has 0 bridgehead atoms. The van der Waals surface area contributed by atoms with E-state index in [1.807, 2.05) is 37.3 Å². The van der Waals surface area contributed by atoms with Crippen molar-refractivity contribution in [3.8, 4) is 11.5 Å². The molecule has 2 heterocycles. The molecule has 1 aromatic heterocycles. The minimum atomic E-state index is -0.844. The Kier molecular flexibility index (Phi) is 6.58. The summed E-state index contributed by atoms with van der Waals surface area (Å²) in [6, 6.07) is 13.2. The number of ether oxygens (including phenoxy) is 2. The van der Waals surface area contributed by atoms with Crippen molar-refractivity contribution in [1.29, 1.82) is 0 Å². The lowest BCUT2D eigenvalue weighted by atomic mass is 9.98. The van der Waals surface area contributed by atoms with Crippen molar-refractivity contribution in [3.63, 3.8) is 0 Å². The summed E-state index contributed by atoms with van der Waals surface area (Å²) in [5.41, 5.74) is 2.01. The van der Waals surface area contributed by atoms with Crippen LogP contribution in [0.15, 0.2) is 48.7 Å². The van der Waals surface area contributed by atoms with Gasteiger partial charge < -0.3 is 19.5 Å². The number of likely N-dealkylation sites (tertiary alicyclic amines) is 1. The SMILES string of the molecule is Cc1ccc(OC(=O)N2CCC(COc3ccc4c(cnn4CCC(=O)O)c3)CC2)cc1. The summed E-state index contributed by atoms with van der Waals surface area (Å²) in [5, 5.41) is 14.0. The summed E-state index contributed by atoms with van der Waals surface area (Å²) in [5.74, 6) is 0.847. The first-order chi connectivity index (χ1) is 15.5. The summed E-state index contributed by atoms with van der Waals surface area (Å²) in [6.45, 7) is 4.21. The molecule has 0 aliphatic carbocycles. The van der Waals surface area contributed by atoms with Crippen molar-refractivity contribution in [2.24, 2.45) is 5.92 Å². The van der Waals surface area contributed by atoms with Gasteiger partial charge in [-0.3, -0.25) is 9.48 Å². The summed E-state index contributed by atoms with van der Waals surface area (Å²) >= 11 is 0. The van der Waals surface area contributed by atoms with Crippen LogP contribution in [0.5, 0.6) is 11.5 Å². The van der Waals surface area contributed by atoms with Crippen LogP contribution in [0.3, 0.4) is 0 Å². The van der Waals surface area contributed by atoms with Crippen LogP contribution in [-0.2, 0) is 11.3 Å². The maximum atomic E-state index is 12.4. The van der Waals surface area contributed by atoms with E-state index in [4.69, 9.17) is 14.6 Å². The summed E-state index contributed by atoms with van der Waals surface area (Å²) in [7, 11) is 0. The third-order valence-electron chi connectivity index (χ3n) is 5.74. The third kappa shape index (κ3) is 5.38. The maximum Gasteiger partial charge on any atom is 0.415 e. The standard InChI is InChI=1S/C24H27N3O5/c1-17-2-4-20(5-3-17)32-24(30)26-11-8-18(9-12-26)16-31-21-6-7-22-19(14-21)15-25-27(22)13-10-23(28)29/h2-7,14-15,18H,8-13,16H2,1H3,(H,28,29). The molecule has 0 radical (unpaired) electrons. The Morgan fingerprint density at radius 2 is 1.81 bits per heavy atom. The Morgan fingerprint density at radius 1 is 1.09 bits per heavy atom. The second-order valence-electron chi connectivity index (χ2n) is 8.15. The van der Waals surface area contributed by atoms with Crippen molar-refractivity contribution in [1.82, 2.24) is 14.7 Å². The lowest BCUT2D eigenvalue weighted by Crippen LogP contribution is -2.41. The van der Waals surface area contributed by atoms with Gasteiger partial charge in [-0.05, 0) is 56.0 Å². The Bertz CT molecular complexity index is 1080.